The summed E-state index contributed by atoms with van der Waals surface area (Å²) in [5.41, 5.74) is 28.2. The van der Waals surface area contributed by atoms with Crippen molar-refractivity contribution in [2.75, 3.05) is 0 Å². The largest absolute Gasteiger partial charge is 0.489 e. The number of thiophene rings is 4. The highest BCUT2D eigenvalue weighted by Gasteiger charge is 2.20. The van der Waals surface area contributed by atoms with Crippen molar-refractivity contribution in [3.8, 4) is 56.4 Å². The van der Waals surface area contributed by atoms with Crippen molar-refractivity contribution in [1.29, 1.82) is 0 Å². The van der Waals surface area contributed by atoms with Crippen LogP contribution in [0.15, 0.2) is 216 Å². The zero-order valence-corrected chi connectivity index (χ0v) is 77.5. The van der Waals surface area contributed by atoms with E-state index in [1.54, 1.807) is 50.8 Å². The molecule has 0 spiro atoms. The molecule has 0 aliphatic heterocycles. The van der Waals surface area contributed by atoms with Crippen LogP contribution in [0.1, 0.15) is 259 Å². The van der Waals surface area contributed by atoms with E-state index in [0.717, 1.165) is 31.3 Å². The average Bonchev–Trinajstić information content (AvgIpc) is 1.35. The van der Waals surface area contributed by atoms with Crippen molar-refractivity contribution in [2.45, 2.75) is 280 Å². The summed E-state index contributed by atoms with van der Waals surface area (Å²) in [6, 6.07) is 57.9. The Bertz CT molecular complexity index is 4140. The maximum absolute atomic E-state index is 8.47. The topological polar surface area (TPSA) is 77.4 Å². The molecule has 0 saturated heterocycles. The monoisotopic (exact) mass is 1800 g/mol. The first-order valence-corrected chi connectivity index (χ1v) is 44.0. The van der Waals surface area contributed by atoms with Gasteiger partial charge in [-0.05, 0) is 301 Å². The van der Waals surface area contributed by atoms with Crippen LogP contribution >= 0.6 is 77.2 Å². The minimum Gasteiger partial charge on any atom is -0.488 e. The highest BCUT2D eigenvalue weighted by Crippen LogP contribution is 2.44. The van der Waals surface area contributed by atoms with Crippen LogP contribution in [0.4, 0.5) is 0 Å². The fourth-order valence-corrected chi connectivity index (χ4v) is 14.1. The molecule has 0 radical (unpaired) electrons. The molecule has 0 amide bonds. The third-order valence-electron chi connectivity index (χ3n) is 16.7. The summed E-state index contributed by atoms with van der Waals surface area (Å²) in [5, 5.41) is 31.2. The molecule has 0 fully saturated rings. The first-order chi connectivity index (χ1) is 52.8. The van der Waals surface area contributed by atoms with Crippen molar-refractivity contribution in [3.05, 3.63) is 305 Å². The maximum Gasteiger partial charge on any atom is 0.489 e. The zero-order chi connectivity index (χ0) is 82.6. The molecule has 0 aliphatic rings. The lowest BCUT2D eigenvalue weighted by Crippen LogP contribution is -2.27. The molecule has 13 heteroatoms. The van der Waals surface area contributed by atoms with E-state index in [-0.39, 0.29) is 59.4 Å². The third-order valence-corrected chi connectivity index (χ3v) is 21.5. The van der Waals surface area contributed by atoms with Crippen LogP contribution in [0.25, 0.3) is 33.4 Å². The highest BCUT2D eigenvalue weighted by molar-refractivity contribution is 9.11. The molecule has 0 bridgehead atoms. The van der Waals surface area contributed by atoms with Gasteiger partial charge in [-0.2, -0.15) is 34.0 Å². The van der Waals surface area contributed by atoms with Crippen molar-refractivity contribution < 1.29 is 29.0 Å². The first-order valence-electron chi connectivity index (χ1n) is 38.7. The summed E-state index contributed by atoms with van der Waals surface area (Å²) in [6.07, 6.45) is 0. The first kappa shape index (κ1) is 128. The van der Waals surface area contributed by atoms with E-state index < -0.39 is 7.12 Å². The van der Waals surface area contributed by atoms with E-state index in [9.17, 15) is 0 Å². The van der Waals surface area contributed by atoms with E-state index in [4.69, 9.17) is 29.0 Å². The Kier molecular flexibility index (Phi) is 81.9. The molecule has 0 aliphatic carbocycles. The molecule has 4 aromatic heterocycles. The van der Waals surface area contributed by atoms with E-state index in [2.05, 4.69) is 233 Å². The molecule has 12 rings (SSSR count). The summed E-state index contributed by atoms with van der Waals surface area (Å²) in [5.74, 6) is 3.82. The Morgan fingerprint density at radius 2 is 0.547 bits per heavy atom. The van der Waals surface area contributed by atoms with Crippen LogP contribution in [0, 0.1) is 83.1 Å². The number of hydrogen-bond acceptors (Lipinski definition) is 10. The molecule has 0 atom stereocenters. The minimum absolute atomic E-state index is 0. The van der Waals surface area contributed by atoms with Crippen molar-refractivity contribution >= 4 is 89.8 Å². The summed E-state index contributed by atoms with van der Waals surface area (Å²) in [4.78, 5) is 0. The van der Waals surface area contributed by atoms with Crippen molar-refractivity contribution in [1.82, 2.24) is 0 Å². The van der Waals surface area contributed by atoms with Gasteiger partial charge in [0, 0.05) is 22.3 Å². The van der Waals surface area contributed by atoms with Crippen molar-refractivity contribution in [2.24, 2.45) is 0 Å². The summed E-state index contributed by atoms with van der Waals surface area (Å²) < 4.78 is 26.6. The van der Waals surface area contributed by atoms with E-state index in [1.165, 1.54) is 134 Å². The third kappa shape index (κ3) is 42.0. The second-order valence-corrected chi connectivity index (χ2v) is 28.2. The van der Waals surface area contributed by atoms with Crippen LogP contribution < -0.4 is 24.4 Å². The number of halogens is 2. The highest BCUT2D eigenvalue weighted by atomic mass is 79.9. The van der Waals surface area contributed by atoms with Gasteiger partial charge in [0.1, 0.15) is 49.4 Å². The fraction of sp³-hybridized carbons (Fsp3) is 0.385. The summed E-state index contributed by atoms with van der Waals surface area (Å²) >= 11 is 13.9. The van der Waals surface area contributed by atoms with Gasteiger partial charge in [0.05, 0.1) is 8.26 Å². The molecule has 0 unspecified atom stereocenters. The van der Waals surface area contributed by atoms with Gasteiger partial charge in [-0.1, -0.05) is 298 Å². The predicted molar refractivity (Wildman–Crippen MR) is 550 cm³/mol. The zero-order valence-electron chi connectivity index (χ0n) is 71.0. The Balaban J connectivity index is -0.000000171. The van der Waals surface area contributed by atoms with Crippen LogP contribution in [0.2, 0.25) is 0 Å². The molecule has 2 N–H and O–H groups in total. The number of benzene rings is 8. The number of ether oxygens (including phenoxy) is 4. The number of aryl methyl sites for hydroxylation is 4. The Morgan fingerprint density at radius 3 is 0.795 bits per heavy atom. The lowest BCUT2D eigenvalue weighted by molar-refractivity contribution is 0.303. The van der Waals surface area contributed by atoms with Gasteiger partial charge in [-0.25, -0.2) is 0 Å². The van der Waals surface area contributed by atoms with Crippen LogP contribution in [0.5, 0.6) is 23.0 Å². The van der Waals surface area contributed by atoms with E-state index >= 15 is 0 Å². The number of rotatable bonds is 16. The quantitative estimate of drug-likeness (QED) is 0.0939. The SMILES string of the molecule is C.C.C.C.C.C.C.C.CC.CC.CC.CC.CC.CC.CC.CC.Cc1cc(OCc2ccccc2)c(-c2ccsc2)c(C)c1C.Cc1cc(OCc2ccccc2)c(-c2ccsc2)c(C)c1C.Cc1cc(OCc2ccccc2)c(-c2ccsc2Br)c(C)c1C.Cc1cc(OCc2ccccc2)c(Br)c(C)c1C.OB(O)c1ccsc1. The van der Waals surface area contributed by atoms with E-state index in [1.807, 2.05) is 184 Å². The lowest BCUT2D eigenvalue weighted by atomic mass is 9.83. The standard InChI is InChI=1S/C20H19BrOS.2C20H20OS.C16H17BrO.C4H5BO2S.8C2H6.8CH4/c1-13-11-18(22-12-16-7-5-4-6-8-16)19(15(3)14(13)2)17-9-10-23-20(17)21;2*1-14-11-19(21-12-17-7-5-4-6-8-17)20(16(3)15(14)2)18-9-10-22-13-18;1-11-9-15(16(17)13(3)12(11)2)18-10-14-7-5-4-6-8-14;6-5(7)4-1-2-8-3-4;8*1-2;;;;;;;;/h4-11H,12H2,1-3H3;2*4-11,13H,12H2,1-3H3;4-9H,10H2,1-3H3;1-3,6-7H;8*1-2H3;8*1H4. The van der Waals surface area contributed by atoms with E-state index in [0.29, 0.717) is 31.9 Å². The second-order valence-electron chi connectivity index (χ2n) is 22.9. The molecule has 4 heterocycles. The second kappa shape index (κ2) is 75.0. The molecule has 654 valence electrons. The van der Waals surface area contributed by atoms with Crippen LogP contribution in [-0.4, -0.2) is 17.2 Å². The van der Waals surface area contributed by atoms with Gasteiger partial charge in [0.15, 0.2) is 0 Å². The normalized spacial score (nSPS) is 8.79. The maximum atomic E-state index is 8.47. The smallest absolute Gasteiger partial charge is 0.488 e. The Hall–Kier alpha value is -7.30. The van der Waals surface area contributed by atoms with Gasteiger partial charge in [0.2, 0.25) is 0 Å². The fourth-order valence-electron chi connectivity index (χ4n) is 10.3. The molecule has 117 heavy (non-hydrogen) atoms. The van der Waals surface area contributed by atoms with Gasteiger partial charge in [0.25, 0.3) is 0 Å². The molecule has 12 aromatic rings. The number of hydrogen-bond donors (Lipinski definition) is 2. The van der Waals surface area contributed by atoms with Gasteiger partial charge >= 0.3 is 7.12 Å². The molecular weight excluding hydrogens is 1640 g/mol. The predicted octanol–water partition coefficient (Wildman–Crippen LogP) is 36.2. The molecular formula is C104H161BBr2O6S4. The van der Waals surface area contributed by atoms with Crippen LogP contribution in [0.3, 0.4) is 0 Å². The van der Waals surface area contributed by atoms with Crippen molar-refractivity contribution in [3.63, 3.8) is 0 Å². The Labute approximate surface area is 753 Å². The molecule has 8 aromatic carbocycles. The Morgan fingerprint density at radius 1 is 0.291 bits per heavy atom. The summed E-state index contributed by atoms with van der Waals surface area (Å²) in [7, 11) is -1.30. The van der Waals surface area contributed by atoms with Gasteiger partial charge < -0.3 is 29.0 Å². The summed E-state index contributed by atoms with van der Waals surface area (Å²) in [6.45, 7) is 60.3. The molecule has 6 nitrogen and oxygen atoms in total. The molecule has 0 saturated carbocycles. The lowest BCUT2D eigenvalue weighted by Gasteiger charge is -2.18. The van der Waals surface area contributed by atoms with Gasteiger partial charge in [-0.3, -0.25) is 0 Å². The van der Waals surface area contributed by atoms with Gasteiger partial charge in [-0.15, -0.1) is 11.3 Å². The van der Waals surface area contributed by atoms with Crippen LogP contribution in [-0.2, 0) is 26.4 Å². The average molecular weight is 1810 g/mol. The minimum atomic E-state index is -1.30.